The van der Waals surface area contributed by atoms with E-state index in [-0.39, 0.29) is 17.3 Å². The summed E-state index contributed by atoms with van der Waals surface area (Å²) in [6.45, 7) is 1.78. The third-order valence-electron chi connectivity index (χ3n) is 4.04. The molecule has 0 aliphatic heterocycles. The van der Waals surface area contributed by atoms with Crippen molar-refractivity contribution in [1.82, 2.24) is 10.3 Å². The van der Waals surface area contributed by atoms with Crippen LogP contribution in [-0.4, -0.2) is 28.8 Å². The normalized spacial score (nSPS) is 10.5. The van der Waals surface area contributed by atoms with Crippen LogP contribution in [-0.2, 0) is 0 Å². The van der Waals surface area contributed by atoms with E-state index in [1.54, 1.807) is 50.4 Å². The van der Waals surface area contributed by atoms with Crippen LogP contribution >= 0.6 is 0 Å². The molecule has 0 radical (unpaired) electrons. The summed E-state index contributed by atoms with van der Waals surface area (Å²) in [5, 5.41) is 17.0. The molecule has 0 bridgehead atoms. The number of carbonyl (C=O) groups is 2. The Morgan fingerprint density at radius 3 is 2.54 bits per heavy atom. The highest BCUT2D eigenvalue weighted by atomic mass is 16.6. The molecule has 0 fully saturated rings. The molecule has 0 aliphatic rings. The molecule has 132 valence electrons. The van der Waals surface area contributed by atoms with E-state index in [1.165, 1.54) is 6.07 Å². The number of carbonyl (C=O) groups excluding carboxylic acids is 2. The van der Waals surface area contributed by atoms with Gasteiger partial charge >= 0.3 is 0 Å². The Balaban J connectivity index is 1.89. The first-order valence-electron chi connectivity index (χ1n) is 7.81. The maximum Gasteiger partial charge on any atom is 0.293 e. The zero-order valence-electron chi connectivity index (χ0n) is 14.1. The van der Waals surface area contributed by atoms with Gasteiger partial charge in [-0.25, -0.2) is 0 Å². The molecule has 0 spiro atoms. The van der Waals surface area contributed by atoms with Crippen LogP contribution in [0, 0.1) is 17.0 Å². The van der Waals surface area contributed by atoms with E-state index in [0.29, 0.717) is 22.2 Å². The lowest BCUT2D eigenvalue weighted by molar-refractivity contribution is -0.383. The molecule has 1 aromatic heterocycles. The summed E-state index contributed by atoms with van der Waals surface area (Å²) in [5.41, 5.74) is 2.19. The van der Waals surface area contributed by atoms with Gasteiger partial charge in [-0.1, -0.05) is 12.1 Å². The third kappa shape index (κ3) is 3.12. The van der Waals surface area contributed by atoms with Gasteiger partial charge in [0, 0.05) is 29.8 Å². The van der Waals surface area contributed by atoms with Gasteiger partial charge in [-0.05, 0) is 36.8 Å². The van der Waals surface area contributed by atoms with E-state index < -0.39 is 10.8 Å². The van der Waals surface area contributed by atoms with Gasteiger partial charge in [0.05, 0.1) is 4.92 Å². The van der Waals surface area contributed by atoms with Gasteiger partial charge in [0.25, 0.3) is 17.5 Å². The molecule has 0 unspecified atom stereocenters. The molecular weight excluding hydrogens is 336 g/mol. The standard InChI is InChI=1S/C18H16N4O4/c1-10-8-12(17(23)19-2)6-7-13(10)21-18(24)14-9-11-4-3-5-15(22(25)26)16(11)20-14/h3-9,20H,1-2H3,(H,19,23)(H,21,24). The van der Waals surface area contributed by atoms with Crippen molar-refractivity contribution >= 4 is 34.1 Å². The number of aryl methyl sites for hydroxylation is 1. The summed E-state index contributed by atoms with van der Waals surface area (Å²) in [6.07, 6.45) is 0. The number of amides is 2. The van der Waals surface area contributed by atoms with Crippen molar-refractivity contribution in [3.05, 3.63) is 69.4 Å². The van der Waals surface area contributed by atoms with Crippen LogP contribution in [0.4, 0.5) is 11.4 Å². The molecule has 3 aromatic rings. The van der Waals surface area contributed by atoms with Gasteiger partial charge in [0.2, 0.25) is 0 Å². The first-order chi connectivity index (χ1) is 12.4. The number of aromatic amines is 1. The highest BCUT2D eigenvalue weighted by molar-refractivity contribution is 6.07. The number of nitro groups is 1. The Kier molecular flexibility index (Phi) is 4.40. The van der Waals surface area contributed by atoms with Gasteiger partial charge in [-0.2, -0.15) is 0 Å². The van der Waals surface area contributed by atoms with E-state index in [9.17, 15) is 19.7 Å². The monoisotopic (exact) mass is 352 g/mol. The Labute approximate surface area is 148 Å². The minimum Gasteiger partial charge on any atom is -0.355 e. The number of rotatable bonds is 4. The summed E-state index contributed by atoms with van der Waals surface area (Å²) in [4.78, 5) is 37.6. The molecule has 8 heteroatoms. The molecule has 3 N–H and O–H groups in total. The number of hydrogen-bond acceptors (Lipinski definition) is 4. The van der Waals surface area contributed by atoms with Crippen molar-refractivity contribution in [2.45, 2.75) is 6.92 Å². The molecule has 0 saturated carbocycles. The Bertz CT molecular complexity index is 1040. The molecule has 8 nitrogen and oxygen atoms in total. The number of aromatic nitrogens is 1. The van der Waals surface area contributed by atoms with Crippen molar-refractivity contribution in [3.8, 4) is 0 Å². The Hall–Kier alpha value is -3.68. The number of fused-ring (bicyclic) bond motifs is 1. The molecule has 3 rings (SSSR count). The maximum atomic E-state index is 12.5. The van der Waals surface area contributed by atoms with Crippen LogP contribution in [0.25, 0.3) is 10.9 Å². The summed E-state index contributed by atoms with van der Waals surface area (Å²) >= 11 is 0. The number of H-pyrrole nitrogens is 1. The van der Waals surface area contributed by atoms with E-state index >= 15 is 0 Å². The number of benzene rings is 2. The van der Waals surface area contributed by atoms with E-state index in [0.717, 1.165) is 5.56 Å². The minimum absolute atomic E-state index is 0.0901. The number of non-ortho nitro benzene ring substituents is 1. The Morgan fingerprint density at radius 2 is 1.88 bits per heavy atom. The SMILES string of the molecule is CNC(=O)c1ccc(NC(=O)c2cc3cccc([N+](=O)[O-])c3[nH]2)c(C)c1. The number of anilines is 1. The number of hydrogen-bond donors (Lipinski definition) is 3. The summed E-state index contributed by atoms with van der Waals surface area (Å²) in [6, 6.07) is 11.1. The second-order valence-corrected chi connectivity index (χ2v) is 5.74. The van der Waals surface area contributed by atoms with Crippen LogP contribution in [0.2, 0.25) is 0 Å². The Morgan fingerprint density at radius 1 is 1.12 bits per heavy atom. The second kappa shape index (κ2) is 6.67. The summed E-state index contributed by atoms with van der Waals surface area (Å²) < 4.78 is 0. The van der Waals surface area contributed by atoms with Crippen molar-refractivity contribution in [1.29, 1.82) is 0 Å². The molecule has 26 heavy (non-hydrogen) atoms. The van der Waals surface area contributed by atoms with E-state index in [2.05, 4.69) is 15.6 Å². The fourth-order valence-electron chi connectivity index (χ4n) is 2.69. The summed E-state index contributed by atoms with van der Waals surface area (Å²) in [7, 11) is 1.54. The van der Waals surface area contributed by atoms with Crippen LogP contribution in [0.5, 0.6) is 0 Å². The topological polar surface area (TPSA) is 117 Å². The first kappa shape index (κ1) is 17.2. The highest BCUT2D eigenvalue weighted by Crippen LogP contribution is 2.26. The van der Waals surface area contributed by atoms with Crippen molar-refractivity contribution < 1.29 is 14.5 Å². The predicted molar refractivity (Wildman–Crippen MR) is 97.5 cm³/mol. The fourth-order valence-corrected chi connectivity index (χ4v) is 2.69. The lowest BCUT2D eigenvalue weighted by Crippen LogP contribution is -2.18. The lowest BCUT2D eigenvalue weighted by Gasteiger charge is -2.09. The van der Waals surface area contributed by atoms with Gasteiger partial charge in [0.15, 0.2) is 0 Å². The third-order valence-corrected chi connectivity index (χ3v) is 4.04. The second-order valence-electron chi connectivity index (χ2n) is 5.74. The average Bonchev–Trinajstić information content (AvgIpc) is 3.06. The largest absolute Gasteiger partial charge is 0.355 e. The molecule has 1 heterocycles. The van der Waals surface area contributed by atoms with Crippen molar-refractivity contribution in [3.63, 3.8) is 0 Å². The molecule has 2 aromatic carbocycles. The minimum atomic E-state index is -0.498. The highest BCUT2D eigenvalue weighted by Gasteiger charge is 2.17. The van der Waals surface area contributed by atoms with Gasteiger partial charge < -0.3 is 15.6 Å². The van der Waals surface area contributed by atoms with Gasteiger partial charge in [-0.15, -0.1) is 0 Å². The maximum absolute atomic E-state index is 12.5. The van der Waals surface area contributed by atoms with Crippen LogP contribution in [0.15, 0.2) is 42.5 Å². The lowest BCUT2D eigenvalue weighted by atomic mass is 10.1. The van der Waals surface area contributed by atoms with E-state index in [1.807, 2.05) is 0 Å². The smallest absolute Gasteiger partial charge is 0.293 e. The zero-order valence-corrected chi connectivity index (χ0v) is 14.1. The average molecular weight is 352 g/mol. The van der Waals surface area contributed by atoms with Gasteiger partial charge in [-0.3, -0.25) is 19.7 Å². The zero-order chi connectivity index (χ0) is 18.8. The van der Waals surface area contributed by atoms with Crippen molar-refractivity contribution in [2.75, 3.05) is 12.4 Å². The number of nitrogens with zero attached hydrogens (tertiary/aromatic N) is 1. The number of para-hydroxylation sites is 1. The quantitative estimate of drug-likeness (QED) is 0.494. The molecule has 0 saturated heterocycles. The fraction of sp³-hybridized carbons (Fsp3) is 0.111. The van der Waals surface area contributed by atoms with Crippen LogP contribution in [0.3, 0.4) is 0 Å². The molecular formula is C18H16N4O4. The molecule has 2 amide bonds. The number of nitro benzene ring substituents is 1. The number of nitrogens with one attached hydrogen (secondary N) is 3. The van der Waals surface area contributed by atoms with E-state index in [4.69, 9.17) is 0 Å². The van der Waals surface area contributed by atoms with Gasteiger partial charge in [0.1, 0.15) is 11.2 Å². The van der Waals surface area contributed by atoms with Crippen LogP contribution in [0.1, 0.15) is 26.4 Å². The molecule has 0 aliphatic carbocycles. The molecule has 0 atom stereocenters. The summed E-state index contributed by atoms with van der Waals surface area (Å²) in [5.74, 6) is -0.639. The predicted octanol–water partition coefficient (Wildman–Crippen LogP) is 3.00. The first-order valence-corrected chi connectivity index (χ1v) is 7.81. The van der Waals surface area contributed by atoms with Crippen molar-refractivity contribution in [2.24, 2.45) is 0 Å². The van der Waals surface area contributed by atoms with Crippen LogP contribution < -0.4 is 10.6 Å².